The van der Waals surface area contributed by atoms with Gasteiger partial charge in [0.2, 0.25) is 0 Å². The van der Waals surface area contributed by atoms with E-state index in [-0.39, 0.29) is 11.7 Å². The highest BCUT2D eigenvalue weighted by Gasteiger charge is 2.31. The zero-order valence-corrected chi connectivity index (χ0v) is 19.4. The number of azo groups is 1. The summed E-state index contributed by atoms with van der Waals surface area (Å²) in [7, 11) is 1.93. The summed E-state index contributed by atoms with van der Waals surface area (Å²) in [6.45, 7) is 4.82. The molecule has 2 rings (SSSR count). The van der Waals surface area contributed by atoms with Crippen molar-refractivity contribution in [2.24, 2.45) is 15.6 Å². The molecule has 0 N–H and O–H groups in total. The minimum Gasteiger partial charge on any atom is -0.463 e. The second-order valence-corrected chi connectivity index (χ2v) is 7.86. The Morgan fingerprint density at radius 2 is 1.67 bits per heavy atom. The van der Waals surface area contributed by atoms with E-state index in [9.17, 15) is 14.9 Å². The Morgan fingerprint density at radius 3 is 2.13 bits per heavy atom. The third-order valence-corrected chi connectivity index (χ3v) is 6.54. The van der Waals surface area contributed by atoms with E-state index in [2.05, 4.69) is 32.8 Å². The summed E-state index contributed by atoms with van der Waals surface area (Å²) in [5.41, 5.74) is 1.75. The van der Waals surface area contributed by atoms with Crippen LogP contribution in [0.5, 0.6) is 0 Å². The Hall–Kier alpha value is -2.56. The number of halogens is 1. The molecule has 0 fully saturated rings. The molecule has 0 heterocycles. The van der Waals surface area contributed by atoms with E-state index in [1.807, 2.05) is 50.1 Å². The number of carbonyl (C=O) groups excluding carboxylic acids is 1. The normalized spacial score (nSPS) is 13.1. The first-order chi connectivity index (χ1) is 14.3. The van der Waals surface area contributed by atoms with Crippen LogP contribution in [0.2, 0.25) is 0 Å². The van der Waals surface area contributed by atoms with Gasteiger partial charge >= 0.3 is 5.97 Å². The van der Waals surface area contributed by atoms with Crippen LogP contribution in [-0.4, -0.2) is 35.5 Å². The van der Waals surface area contributed by atoms with Gasteiger partial charge in [0.25, 0.3) is 5.69 Å². The van der Waals surface area contributed by atoms with E-state index in [0.29, 0.717) is 24.5 Å². The fourth-order valence-corrected chi connectivity index (χ4v) is 3.25. The number of ether oxygens (including phenoxy) is 1. The highest BCUT2D eigenvalue weighted by Crippen LogP contribution is 2.26. The number of hydrogen-bond donors (Lipinski definition) is 0. The molecule has 1 atom stereocenters. The fourth-order valence-electron chi connectivity index (χ4n) is 2.40. The number of non-ortho nitro benzene ring substituents is 1. The number of nitro groups is 1. The van der Waals surface area contributed by atoms with Gasteiger partial charge in [0, 0.05) is 29.3 Å². The Balaban J connectivity index is 1.88. The molecule has 0 radical (unpaired) electrons. The molecular formula is C21H25IN4O4. The third kappa shape index (κ3) is 6.48. The monoisotopic (exact) mass is 524 g/mol. The zero-order valence-electron chi connectivity index (χ0n) is 17.2. The molecule has 1 unspecified atom stereocenters. The van der Waals surface area contributed by atoms with Gasteiger partial charge in [0.05, 0.1) is 28.3 Å². The maximum atomic E-state index is 12.2. The molecule has 0 aliphatic heterocycles. The minimum absolute atomic E-state index is 0.0145. The predicted molar refractivity (Wildman–Crippen MR) is 125 cm³/mol. The van der Waals surface area contributed by atoms with Crippen LogP contribution >= 0.6 is 22.6 Å². The van der Waals surface area contributed by atoms with Crippen LogP contribution in [0.15, 0.2) is 58.8 Å². The van der Waals surface area contributed by atoms with Crippen molar-refractivity contribution < 1.29 is 14.5 Å². The first kappa shape index (κ1) is 23.7. The number of nitrogens with zero attached hydrogens (tertiary/aromatic N) is 4. The second-order valence-electron chi connectivity index (χ2n) is 7.10. The molecule has 0 aliphatic rings. The van der Waals surface area contributed by atoms with Gasteiger partial charge < -0.3 is 9.64 Å². The molecular weight excluding hydrogens is 499 g/mol. The highest BCUT2D eigenvalue weighted by molar-refractivity contribution is 14.1. The van der Waals surface area contributed by atoms with Crippen molar-refractivity contribution in [3.05, 3.63) is 58.6 Å². The molecule has 0 saturated heterocycles. The summed E-state index contributed by atoms with van der Waals surface area (Å²) in [6.07, 6.45) is 0.750. The molecule has 0 saturated carbocycles. The average molecular weight is 524 g/mol. The summed E-state index contributed by atoms with van der Waals surface area (Å²) in [6, 6.07) is 13.4. The lowest BCUT2D eigenvalue weighted by molar-refractivity contribution is -0.384. The molecule has 160 valence electrons. The van der Waals surface area contributed by atoms with Gasteiger partial charge in [0.15, 0.2) is 0 Å². The highest BCUT2D eigenvalue weighted by atomic mass is 127. The largest absolute Gasteiger partial charge is 0.463 e. The Morgan fingerprint density at radius 1 is 1.13 bits per heavy atom. The van der Waals surface area contributed by atoms with E-state index in [1.165, 1.54) is 12.1 Å². The van der Waals surface area contributed by atoms with Crippen LogP contribution in [0.4, 0.5) is 22.7 Å². The first-order valence-corrected chi connectivity index (χ1v) is 11.0. The van der Waals surface area contributed by atoms with Gasteiger partial charge in [-0.3, -0.25) is 14.9 Å². The maximum Gasteiger partial charge on any atom is 0.312 e. The quantitative estimate of drug-likeness (QED) is 0.0972. The van der Waals surface area contributed by atoms with Gasteiger partial charge in [-0.25, -0.2) is 0 Å². The summed E-state index contributed by atoms with van der Waals surface area (Å²) < 4.78 is 6.18. The number of hydrogen-bond acceptors (Lipinski definition) is 7. The molecule has 8 nitrogen and oxygen atoms in total. The number of benzene rings is 2. The van der Waals surface area contributed by atoms with Crippen molar-refractivity contribution >= 4 is 51.3 Å². The van der Waals surface area contributed by atoms with E-state index in [4.69, 9.17) is 4.74 Å². The van der Waals surface area contributed by atoms with Crippen LogP contribution in [0.25, 0.3) is 0 Å². The smallest absolute Gasteiger partial charge is 0.312 e. The maximum absolute atomic E-state index is 12.2. The summed E-state index contributed by atoms with van der Waals surface area (Å²) in [5, 5.41) is 18.9. The second kappa shape index (κ2) is 11.0. The number of rotatable bonds is 10. The van der Waals surface area contributed by atoms with Gasteiger partial charge in [-0.1, -0.05) is 29.5 Å². The molecule has 0 aromatic heterocycles. The predicted octanol–water partition coefficient (Wildman–Crippen LogP) is 5.84. The van der Waals surface area contributed by atoms with Crippen molar-refractivity contribution in [2.45, 2.75) is 20.3 Å². The summed E-state index contributed by atoms with van der Waals surface area (Å²) >= 11 is 2.22. The van der Waals surface area contributed by atoms with Crippen LogP contribution in [0, 0.1) is 15.5 Å². The van der Waals surface area contributed by atoms with Crippen LogP contribution in [0.3, 0.4) is 0 Å². The van der Waals surface area contributed by atoms with Crippen molar-refractivity contribution in [3.8, 4) is 0 Å². The first-order valence-electron chi connectivity index (χ1n) is 9.49. The van der Waals surface area contributed by atoms with E-state index in [1.54, 1.807) is 12.1 Å². The molecule has 0 aliphatic carbocycles. The van der Waals surface area contributed by atoms with E-state index < -0.39 is 10.3 Å². The van der Waals surface area contributed by atoms with Crippen molar-refractivity contribution in [1.29, 1.82) is 0 Å². The molecule has 0 amide bonds. The number of likely N-dealkylation sites (N-methyl/N-ethyl adjacent to an activating group) is 1. The molecule has 0 spiro atoms. The molecule has 9 heteroatoms. The number of esters is 1. The number of alkyl halides is 1. The molecule has 30 heavy (non-hydrogen) atoms. The number of carbonyl (C=O) groups is 1. The minimum atomic E-state index is -0.455. The van der Waals surface area contributed by atoms with Crippen molar-refractivity contribution in [1.82, 2.24) is 0 Å². The third-order valence-electron chi connectivity index (χ3n) is 4.86. The van der Waals surface area contributed by atoms with Gasteiger partial charge in [-0.15, -0.1) is 0 Å². The molecule has 2 aromatic carbocycles. The van der Waals surface area contributed by atoms with Gasteiger partial charge in [-0.05, 0) is 49.7 Å². The Bertz CT molecular complexity index is 881. The van der Waals surface area contributed by atoms with Crippen LogP contribution < -0.4 is 4.90 Å². The number of anilines is 1. The van der Waals surface area contributed by atoms with E-state index in [0.717, 1.165) is 16.5 Å². The molecule has 0 bridgehead atoms. The standard InChI is InChI=1S/C21H25IN4O4/c1-4-21(2,15-22)20(27)30-14-13-25(3)18-9-5-16(6-10-18)23-24-17-7-11-19(12-8-17)26(28)29/h5-12H,4,13-15H2,1-3H3. The Kier molecular flexibility index (Phi) is 8.70. The lowest BCUT2D eigenvalue weighted by Crippen LogP contribution is -2.33. The zero-order chi connectivity index (χ0) is 22.1. The fraction of sp³-hybridized carbons (Fsp3) is 0.381. The van der Waals surface area contributed by atoms with Gasteiger partial charge in [-0.2, -0.15) is 10.2 Å². The van der Waals surface area contributed by atoms with Crippen LogP contribution in [0.1, 0.15) is 20.3 Å². The molecule has 2 aromatic rings. The van der Waals surface area contributed by atoms with Crippen molar-refractivity contribution in [2.75, 3.05) is 29.5 Å². The lowest BCUT2D eigenvalue weighted by Gasteiger charge is -2.25. The topological polar surface area (TPSA) is 97.4 Å². The summed E-state index contributed by atoms with van der Waals surface area (Å²) in [5.74, 6) is -0.158. The van der Waals surface area contributed by atoms with Crippen LogP contribution in [-0.2, 0) is 9.53 Å². The lowest BCUT2D eigenvalue weighted by atomic mass is 9.91. The SMILES string of the molecule is CCC(C)(CI)C(=O)OCCN(C)c1ccc(N=Nc2ccc([N+](=O)[O-])cc2)cc1. The van der Waals surface area contributed by atoms with Crippen molar-refractivity contribution in [3.63, 3.8) is 0 Å². The van der Waals surface area contributed by atoms with Gasteiger partial charge in [0.1, 0.15) is 6.61 Å². The van der Waals surface area contributed by atoms with E-state index >= 15 is 0 Å². The average Bonchev–Trinajstić information content (AvgIpc) is 2.77. The Labute approximate surface area is 189 Å². The number of nitro benzene ring substituents is 1. The summed E-state index contributed by atoms with van der Waals surface area (Å²) in [4.78, 5) is 24.4.